The first kappa shape index (κ1) is 11.3. The highest BCUT2D eigenvalue weighted by Gasteiger charge is 2.08. The first-order valence-electron chi connectivity index (χ1n) is 4.12. The molecule has 0 atom stereocenters. The molecule has 0 bridgehead atoms. The zero-order valence-corrected chi connectivity index (χ0v) is 10.1. The Bertz CT molecular complexity index is 352. The van der Waals surface area contributed by atoms with Crippen LogP contribution >= 0.6 is 22.6 Å². The summed E-state index contributed by atoms with van der Waals surface area (Å²) in [5.41, 5.74) is 7.05. The fourth-order valence-corrected chi connectivity index (χ4v) is 1.67. The lowest BCUT2D eigenvalue weighted by Gasteiger charge is -2.19. The van der Waals surface area contributed by atoms with Crippen LogP contribution < -0.4 is 10.6 Å². The molecule has 1 aromatic carbocycles. The van der Waals surface area contributed by atoms with Gasteiger partial charge in [0, 0.05) is 19.7 Å². The molecule has 0 radical (unpaired) electrons. The molecule has 0 amide bonds. The Morgan fingerprint density at radius 1 is 1.64 bits per heavy atom. The van der Waals surface area contributed by atoms with Crippen LogP contribution in [0.25, 0.3) is 0 Å². The number of nitrogens with zero attached hydrogens (tertiary/aromatic N) is 1. The standard InChI is InChI=1S/C10H12FIN2/c1-3-4-14(2)10-5-7(11)8(12)6-9(10)13/h3,5-6H,1,4,13H2,2H3. The van der Waals surface area contributed by atoms with Gasteiger partial charge in [-0.25, -0.2) is 4.39 Å². The predicted molar refractivity (Wildman–Crippen MR) is 67.0 cm³/mol. The van der Waals surface area contributed by atoms with E-state index in [9.17, 15) is 4.39 Å². The Morgan fingerprint density at radius 3 is 2.86 bits per heavy atom. The number of anilines is 2. The summed E-state index contributed by atoms with van der Waals surface area (Å²) in [6, 6.07) is 3.07. The van der Waals surface area contributed by atoms with Crippen LogP contribution in [0.5, 0.6) is 0 Å². The smallest absolute Gasteiger partial charge is 0.138 e. The Morgan fingerprint density at radius 2 is 2.29 bits per heavy atom. The molecule has 2 nitrogen and oxygen atoms in total. The van der Waals surface area contributed by atoms with Crippen LogP contribution in [0.1, 0.15) is 0 Å². The van der Waals surface area contributed by atoms with Crippen LogP contribution in [-0.4, -0.2) is 13.6 Å². The Hall–Kier alpha value is -0.780. The Labute approximate surface area is 96.7 Å². The number of likely N-dealkylation sites (N-methyl/N-ethyl adjacent to an activating group) is 1. The molecule has 0 aliphatic carbocycles. The minimum atomic E-state index is -0.245. The zero-order chi connectivity index (χ0) is 10.7. The second-order valence-electron chi connectivity index (χ2n) is 2.99. The maximum absolute atomic E-state index is 13.2. The van der Waals surface area contributed by atoms with Gasteiger partial charge in [-0.1, -0.05) is 6.08 Å². The summed E-state index contributed by atoms with van der Waals surface area (Å²) >= 11 is 1.92. The molecule has 0 spiro atoms. The van der Waals surface area contributed by atoms with E-state index in [0.29, 0.717) is 21.5 Å². The normalized spacial score (nSPS) is 9.93. The minimum Gasteiger partial charge on any atom is -0.397 e. The highest BCUT2D eigenvalue weighted by atomic mass is 127. The zero-order valence-electron chi connectivity index (χ0n) is 7.93. The van der Waals surface area contributed by atoms with E-state index in [4.69, 9.17) is 5.73 Å². The second-order valence-corrected chi connectivity index (χ2v) is 4.16. The van der Waals surface area contributed by atoms with E-state index in [1.165, 1.54) is 6.07 Å². The van der Waals surface area contributed by atoms with Crippen molar-refractivity contribution in [2.45, 2.75) is 0 Å². The van der Waals surface area contributed by atoms with E-state index in [2.05, 4.69) is 6.58 Å². The van der Waals surface area contributed by atoms with Gasteiger partial charge in [0.05, 0.1) is 14.9 Å². The SMILES string of the molecule is C=CCN(C)c1cc(F)c(I)cc1N. The fraction of sp³-hybridized carbons (Fsp3) is 0.200. The molecule has 0 fully saturated rings. The molecule has 76 valence electrons. The monoisotopic (exact) mass is 306 g/mol. The molecule has 0 saturated carbocycles. The average Bonchev–Trinajstić information content (AvgIpc) is 2.11. The molecule has 0 aromatic heterocycles. The van der Waals surface area contributed by atoms with Crippen LogP contribution in [0.15, 0.2) is 24.8 Å². The maximum Gasteiger partial charge on any atom is 0.138 e. The second kappa shape index (κ2) is 4.63. The number of benzene rings is 1. The largest absolute Gasteiger partial charge is 0.397 e. The van der Waals surface area contributed by atoms with Gasteiger partial charge in [-0.15, -0.1) is 6.58 Å². The minimum absolute atomic E-state index is 0.245. The van der Waals surface area contributed by atoms with Crippen molar-refractivity contribution in [1.82, 2.24) is 0 Å². The number of nitrogens with two attached hydrogens (primary N) is 1. The van der Waals surface area contributed by atoms with Gasteiger partial charge < -0.3 is 10.6 Å². The third-order valence-electron chi connectivity index (χ3n) is 1.88. The lowest BCUT2D eigenvalue weighted by atomic mass is 10.2. The van der Waals surface area contributed by atoms with Gasteiger partial charge >= 0.3 is 0 Å². The van der Waals surface area contributed by atoms with Crippen molar-refractivity contribution in [2.75, 3.05) is 24.2 Å². The molecule has 1 rings (SSSR count). The molecule has 1 aromatic rings. The summed E-state index contributed by atoms with van der Waals surface area (Å²) in [6.45, 7) is 4.26. The van der Waals surface area contributed by atoms with Crippen molar-refractivity contribution >= 4 is 34.0 Å². The summed E-state index contributed by atoms with van der Waals surface area (Å²) < 4.78 is 13.8. The highest BCUT2D eigenvalue weighted by Crippen LogP contribution is 2.26. The number of hydrogen-bond acceptors (Lipinski definition) is 2. The van der Waals surface area contributed by atoms with Gasteiger partial charge in [-0.3, -0.25) is 0 Å². The van der Waals surface area contributed by atoms with Gasteiger partial charge in [0.2, 0.25) is 0 Å². The lowest BCUT2D eigenvalue weighted by Crippen LogP contribution is -2.18. The van der Waals surface area contributed by atoms with E-state index in [1.54, 1.807) is 12.1 Å². The Kier molecular flexibility index (Phi) is 3.74. The topological polar surface area (TPSA) is 29.3 Å². The van der Waals surface area contributed by atoms with E-state index >= 15 is 0 Å². The number of rotatable bonds is 3. The molecule has 0 heterocycles. The van der Waals surface area contributed by atoms with Gasteiger partial charge in [0.1, 0.15) is 5.82 Å². The van der Waals surface area contributed by atoms with Crippen molar-refractivity contribution in [3.63, 3.8) is 0 Å². The molecule has 4 heteroatoms. The molecular formula is C10H12FIN2. The van der Waals surface area contributed by atoms with Gasteiger partial charge in [-0.2, -0.15) is 0 Å². The third kappa shape index (κ3) is 2.37. The number of halogens is 2. The van der Waals surface area contributed by atoms with Crippen LogP contribution in [0.3, 0.4) is 0 Å². The van der Waals surface area contributed by atoms with E-state index in [0.717, 1.165) is 0 Å². The summed E-state index contributed by atoms with van der Waals surface area (Å²) in [5, 5.41) is 0. The van der Waals surface area contributed by atoms with E-state index in [-0.39, 0.29) is 5.82 Å². The summed E-state index contributed by atoms with van der Waals surface area (Å²) in [4.78, 5) is 1.85. The third-order valence-corrected chi connectivity index (χ3v) is 2.71. The number of hydrogen-bond donors (Lipinski definition) is 1. The fourth-order valence-electron chi connectivity index (χ4n) is 1.17. The van der Waals surface area contributed by atoms with Crippen LogP contribution in [0, 0.1) is 9.39 Å². The first-order valence-corrected chi connectivity index (χ1v) is 5.20. The van der Waals surface area contributed by atoms with Gasteiger partial charge in [0.25, 0.3) is 0 Å². The highest BCUT2D eigenvalue weighted by molar-refractivity contribution is 14.1. The molecular weight excluding hydrogens is 294 g/mol. The molecule has 0 saturated heterocycles. The average molecular weight is 306 g/mol. The van der Waals surface area contributed by atoms with Crippen molar-refractivity contribution in [3.05, 3.63) is 34.2 Å². The Balaban J connectivity index is 3.08. The van der Waals surface area contributed by atoms with Crippen molar-refractivity contribution in [3.8, 4) is 0 Å². The van der Waals surface area contributed by atoms with Crippen molar-refractivity contribution in [2.24, 2.45) is 0 Å². The van der Waals surface area contributed by atoms with E-state index < -0.39 is 0 Å². The predicted octanol–water partition coefficient (Wildman–Crippen LogP) is 2.63. The molecule has 0 aliphatic rings. The van der Waals surface area contributed by atoms with Crippen LogP contribution in [0.4, 0.5) is 15.8 Å². The van der Waals surface area contributed by atoms with E-state index in [1.807, 2.05) is 34.5 Å². The lowest BCUT2D eigenvalue weighted by molar-refractivity contribution is 0.620. The van der Waals surface area contributed by atoms with Crippen LogP contribution in [0.2, 0.25) is 0 Å². The summed E-state index contributed by atoms with van der Waals surface area (Å²) in [6.07, 6.45) is 1.75. The first-order chi connectivity index (χ1) is 6.56. The molecule has 14 heavy (non-hydrogen) atoms. The van der Waals surface area contributed by atoms with Crippen LogP contribution in [-0.2, 0) is 0 Å². The summed E-state index contributed by atoms with van der Waals surface area (Å²) in [7, 11) is 1.85. The number of nitrogen functional groups attached to an aromatic ring is 1. The quantitative estimate of drug-likeness (QED) is 0.528. The van der Waals surface area contributed by atoms with Crippen molar-refractivity contribution in [1.29, 1.82) is 0 Å². The van der Waals surface area contributed by atoms with Gasteiger partial charge in [-0.05, 0) is 28.7 Å². The molecule has 2 N–H and O–H groups in total. The van der Waals surface area contributed by atoms with Gasteiger partial charge in [0.15, 0.2) is 0 Å². The van der Waals surface area contributed by atoms with Crippen molar-refractivity contribution < 1.29 is 4.39 Å². The summed E-state index contributed by atoms with van der Waals surface area (Å²) in [5.74, 6) is -0.245. The maximum atomic E-state index is 13.2. The molecule has 0 unspecified atom stereocenters. The molecule has 0 aliphatic heterocycles.